The number of rotatable bonds is 6. The monoisotopic (exact) mass is 257 g/mol. The van der Waals surface area contributed by atoms with E-state index < -0.39 is 10.1 Å². The predicted molar refractivity (Wildman–Crippen MR) is 69.9 cm³/mol. The first-order chi connectivity index (χ1) is 7.88. The third-order valence-corrected chi connectivity index (χ3v) is 2.95. The number of benzene rings is 1. The Labute approximate surface area is 103 Å². The van der Waals surface area contributed by atoms with E-state index in [1.807, 2.05) is 31.1 Å². The van der Waals surface area contributed by atoms with Gasteiger partial charge in [-0.3, -0.25) is 4.18 Å². The number of hydrogen-bond donors (Lipinski definition) is 0. The molecule has 0 aliphatic carbocycles. The van der Waals surface area contributed by atoms with Crippen molar-refractivity contribution in [2.24, 2.45) is 0 Å². The molecule has 5 heteroatoms. The van der Waals surface area contributed by atoms with Gasteiger partial charge in [-0.25, -0.2) is 0 Å². The van der Waals surface area contributed by atoms with Gasteiger partial charge in [-0.05, 0) is 30.5 Å². The fourth-order valence-electron chi connectivity index (χ4n) is 1.45. The molecule has 0 aliphatic heterocycles. The van der Waals surface area contributed by atoms with Crippen LogP contribution in [0.25, 0.3) is 0 Å². The van der Waals surface area contributed by atoms with Crippen molar-refractivity contribution < 1.29 is 12.6 Å². The lowest BCUT2D eigenvalue weighted by molar-refractivity contribution is 0.316. The van der Waals surface area contributed by atoms with E-state index in [0.717, 1.165) is 18.4 Å². The second-order valence-electron chi connectivity index (χ2n) is 4.19. The van der Waals surface area contributed by atoms with Crippen molar-refractivity contribution >= 4 is 15.8 Å². The maximum Gasteiger partial charge on any atom is 0.264 e. The summed E-state index contributed by atoms with van der Waals surface area (Å²) < 4.78 is 26.1. The van der Waals surface area contributed by atoms with Gasteiger partial charge in [0, 0.05) is 19.8 Å². The quantitative estimate of drug-likeness (QED) is 0.574. The van der Waals surface area contributed by atoms with Gasteiger partial charge in [0.05, 0.1) is 12.9 Å². The van der Waals surface area contributed by atoms with Crippen LogP contribution >= 0.6 is 0 Å². The Hall–Kier alpha value is -1.07. The van der Waals surface area contributed by atoms with Crippen molar-refractivity contribution in [1.82, 2.24) is 0 Å². The van der Waals surface area contributed by atoms with Gasteiger partial charge in [-0.2, -0.15) is 8.42 Å². The predicted octanol–water partition coefficient (Wildman–Crippen LogP) is 1.66. The first-order valence-corrected chi connectivity index (χ1v) is 7.31. The molecular formula is C12H19NO3S. The molecule has 0 saturated carbocycles. The lowest BCUT2D eigenvalue weighted by Gasteiger charge is -2.12. The molecule has 0 aliphatic rings. The molecule has 1 aromatic carbocycles. The summed E-state index contributed by atoms with van der Waals surface area (Å²) in [6.45, 7) is 0.244. The van der Waals surface area contributed by atoms with Crippen molar-refractivity contribution in [1.29, 1.82) is 0 Å². The molecule has 0 unspecified atom stereocenters. The molecule has 0 spiro atoms. The van der Waals surface area contributed by atoms with E-state index in [1.165, 1.54) is 5.56 Å². The molecule has 4 nitrogen and oxygen atoms in total. The zero-order valence-corrected chi connectivity index (χ0v) is 11.3. The zero-order valence-electron chi connectivity index (χ0n) is 10.5. The molecule has 0 saturated heterocycles. The van der Waals surface area contributed by atoms with E-state index in [4.69, 9.17) is 0 Å². The second kappa shape index (κ2) is 6.02. The smallest absolute Gasteiger partial charge is 0.264 e. The number of anilines is 1. The van der Waals surface area contributed by atoms with Gasteiger partial charge < -0.3 is 4.90 Å². The molecule has 17 heavy (non-hydrogen) atoms. The molecule has 0 heterocycles. The summed E-state index contributed by atoms with van der Waals surface area (Å²) in [5.74, 6) is 0. The summed E-state index contributed by atoms with van der Waals surface area (Å²) in [5, 5.41) is 0. The highest BCUT2D eigenvalue weighted by atomic mass is 32.2. The van der Waals surface area contributed by atoms with E-state index in [0.29, 0.717) is 6.42 Å². The minimum Gasteiger partial charge on any atom is -0.378 e. The maximum absolute atomic E-state index is 10.7. The topological polar surface area (TPSA) is 46.6 Å². The van der Waals surface area contributed by atoms with E-state index in [2.05, 4.69) is 16.3 Å². The normalized spacial score (nSPS) is 11.5. The minimum atomic E-state index is -3.30. The van der Waals surface area contributed by atoms with Crippen molar-refractivity contribution in [3.63, 3.8) is 0 Å². The molecule has 0 atom stereocenters. The Morgan fingerprint density at radius 2 is 1.76 bits per heavy atom. The molecular weight excluding hydrogens is 238 g/mol. The maximum atomic E-state index is 10.7. The van der Waals surface area contributed by atoms with E-state index in [-0.39, 0.29) is 6.61 Å². The van der Waals surface area contributed by atoms with Crippen LogP contribution in [0.4, 0.5) is 5.69 Å². The fraction of sp³-hybridized carbons (Fsp3) is 0.500. The van der Waals surface area contributed by atoms with Gasteiger partial charge in [0.15, 0.2) is 0 Å². The SMILES string of the molecule is CN(C)c1ccc(CCCOS(C)(=O)=O)cc1. The third kappa shape index (κ3) is 5.70. The van der Waals surface area contributed by atoms with Crippen molar-refractivity contribution in [2.75, 3.05) is 31.9 Å². The van der Waals surface area contributed by atoms with Crippen molar-refractivity contribution in [2.45, 2.75) is 12.8 Å². The highest BCUT2D eigenvalue weighted by molar-refractivity contribution is 7.85. The van der Waals surface area contributed by atoms with Crippen LogP contribution in [-0.2, 0) is 20.7 Å². The number of nitrogens with zero attached hydrogens (tertiary/aromatic N) is 1. The summed E-state index contributed by atoms with van der Waals surface area (Å²) >= 11 is 0. The van der Waals surface area contributed by atoms with Crippen LogP contribution in [0.5, 0.6) is 0 Å². The molecule has 0 amide bonds. The van der Waals surface area contributed by atoms with Crippen LogP contribution in [0.2, 0.25) is 0 Å². The first kappa shape index (κ1) is 14.0. The highest BCUT2D eigenvalue weighted by Crippen LogP contribution is 2.13. The Balaban J connectivity index is 2.37. The van der Waals surface area contributed by atoms with Gasteiger partial charge in [-0.15, -0.1) is 0 Å². The second-order valence-corrected chi connectivity index (χ2v) is 5.83. The molecule has 0 N–H and O–H groups in total. The summed E-state index contributed by atoms with van der Waals surface area (Å²) in [7, 11) is 0.687. The number of aryl methyl sites for hydroxylation is 1. The Morgan fingerprint density at radius 1 is 1.18 bits per heavy atom. The van der Waals surface area contributed by atoms with E-state index in [9.17, 15) is 8.42 Å². The summed E-state index contributed by atoms with van der Waals surface area (Å²) in [5.41, 5.74) is 2.34. The molecule has 1 rings (SSSR count). The molecule has 0 bridgehead atoms. The first-order valence-electron chi connectivity index (χ1n) is 5.49. The molecule has 0 fully saturated rings. The van der Waals surface area contributed by atoms with Gasteiger partial charge in [0.25, 0.3) is 10.1 Å². The highest BCUT2D eigenvalue weighted by Gasteiger charge is 2.01. The average Bonchev–Trinajstić information content (AvgIpc) is 2.24. The lowest BCUT2D eigenvalue weighted by atomic mass is 10.1. The Morgan fingerprint density at radius 3 is 2.24 bits per heavy atom. The molecule has 96 valence electrons. The standard InChI is InChI=1S/C12H19NO3S/c1-13(2)12-8-6-11(7-9-12)5-4-10-16-17(3,14)15/h6-9H,4-5,10H2,1-3H3. The molecule has 0 aromatic heterocycles. The Bertz CT molecular complexity index is 437. The van der Waals surface area contributed by atoms with Gasteiger partial charge >= 0.3 is 0 Å². The van der Waals surface area contributed by atoms with Crippen LogP contribution in [0.1, 0.15) is 12.0 Å². The summed E-state index contributed by atoms with van der Waals surface area (Å²) in [6, 6.07) is 8.20. The fourth-order valence-corrected chi connectivity index (χ4v) is 1.87. The van der Waals surface area contributed by atoms with Gasteiger partial charge in [-0.1, -0.05) is 12.1 Å². The van der Waals surface area contributed by atoms with Gasteiger partial charge in [0.2, 0.25) is 0 Å². The molecule has 1 aromatic rings. The lowest BCUT2D eigenvalue weighted by Crippen LogP contribution is -2.08. The van der Waals surface area contributed by atoms with Crippen LogP contribution in [-0.4, -0.2) is 35.4 Å². The zero-order chi connectivity index (χ0) is 12.9. The van der Waals surface area contributed by atoms with E-state index >= 15 is 0 Å². The van der Waals surface area contributed by atoms with Crippen molar-refractivity contribution in [3.8, 4) is 0 Å². The Kier molecular flexibility index (Phi) is 4.96. The summed E-state index contributed by atoms with van der Waals surface area (Å²) in [6.07, 6.45) is 2.59. The minimum absolute atomic E-state index is 0.244. The average molecular weight is 257 g/mol. The number of hydrogen-bond acceptors (Lipinski definition) is 4. The molecule has 0 radical (unpaired) electrons. The van der Waals surface area contributed by atoms with Crippen LogP contribution < -0.4 is 4.90 Å². The summed E-state index contributed by atoms with van der Waals surface area (Å²) in [4.78, 5) is 2.04. The van der Waals surface area contributed by atoms with Crippen LogP contribution in [0.3, 0.4) is 0 Å². The van der Waals surface area contributed by atoms with E-state index in [1.54, 1.807) is 0 Å². The van der Waals surface area contributed by atoms with Crippen LogP contribution in [0.15, 0.2) is 24.3 Å². The van der Waals surface area contributed by atoms with Crippen LogP contribution in [0, 0.1) is 0 Å². The van der Waals surface area contributed by atoms with Gasteiger partial charge in [0.1, 0.15) is 0 Å². The largest absolute Gasteiger partial charge is 0.378 e. The van der Waals surface area contributed by atoms with Crippen molar-refractivity contribution in [3.05, 3.63) is 29.8 Å². The third-order valence-electron chi connectivity index (χ3n) is 2.36.